The normalized spacial score (nSPS) is 10.0. The molecule has 0 aliphatic carbocycles. The van der Waals surface area contributed by atoms with E-state index in [4.69, 9.17) is 11.6 Å². The summed E-state index contributed by atoms with van der Waals surface area (Å²) in [5.74, 6) is -0.859. The van der Waals surface area contributed by atoms with E-state index in [1.165, 1.54) is 0 Å². The van der Waals surface area contributed by atoms with Crippen molar-refractivity contribution in [2.75, 3.05) is 0 Å². The van der Waals surface area contributed by atoms with E-state index in [0.29, 0.717) is 16.1 Å². The minimum atomic E-state index is -0.442. The second kappa shape index (κ2) is 5.67. The van der Waals surface area contributed by atoms with Gasteiger partial charge in [-0.2, -0.15) is 0 Å². The molecule has 2 amide bonds. The molecule has 4 heteroatoms. The summed E-state index contributed by atoms with van der Waals surface area (Å²) in [6.45, 7) is 1.93. The van der Waals surface area contributed by atoms with E-state index in [0.717, 1.165) is 5.56 Å². The molecule has 0 heterocycles. The third kappa shape index (κ3) is 3.42. The fraction of sp³-hybridized carbons (Fsp3) is 0.0667. The molecule has 0 spiro atoms. The molecule has 0 aliphatic rings. The summed E-state index contributed by atoms with van der Waals surface area (Å²) in [5.41, 5.74) is 1.90. The molecular formula is C15H12ClNO2. The van der Waals surface area contributed by atoms with Gasteiger partial charge in [0.15, 0.2) is 0 Å². The van der Waals surface area contributed by atoms with Gasteiger partial charge in [-0.3, -0.25) is 14.9 Å². The van der Waals surface area contributed by atoms with E-state index < -0.39 is 11.8 Å². The summed E-state index contributed by atoms with van der Waals surface area (Å²) in [6, 6.07) is 13.3. The Hall–Kier alpha value is -2.13. The lowest BCUT2D eigenvalue weighted by Gasteiger charge is -2.04. The van der Waals surface area contributed by atoms with Gasteiger partial charge in [0.05, 0.1) is 0 Å². The number of benzene rings is 2. The largest absolute Gasteiger partial charge is 0.288 e. The van der Waals surface area contributed by atoms with E-state index in [1.54, 1.807) is 36.4 Å². The number of hydrogen-bond acceptors (Lipinski definition) is 2. The van der Waals surface area contributed by atoms with Crippen molar-refractivity contribution in [3.63, 3.8) is 0 Å². The molecule has 2 rings (SSSR count). The van der Waals surface area contributed by atoms with Crippen LogP contribution in [0.25, 0.3) is 0 Å². The Morgan fingerprint density at radius 2 is 1.26 bits per heavy atom. The van der Waals surface area contributed by atoms with Gasteiger partial charge in [-0.05, 0) is 43.3 Å². The molecule has 0 atom stereocenters. The van der Waals surface area contributed by atoms with Crippen LogP contribution in [-0.4, -0.2) is 11.8 Å². The van der Waals surface area contributed by atoms with Crippen LogP contribution in [0.3, 0.4) is 0 Å². The van der Waals surface area contributed by atoms with Crippen LogP contribution in [0.4, 0.5) is 0 Å². The SMILES string of the molecule is Cc1ccc(C(=O)NC(=O)c2ccc(Cl)cc2)cc1. The fourth-order valence-electron chi connectivity index (χ4n) is 1.55. The molecule has 19 heavy (non-hydrogen) atoms. The van der Waals surface area contributed by atoms with Crippen LogP contribution in [0.5, 0.6) is 0 Å². The number of hydrogen-bond donors (Lipinski definition) is 1. The molecule has 2 aromatic rings. The van der Waals surface area contributed by atoms with E-state index in [1.807, 2.05) is 19.1 Å². The molecule has 0 bridgehead atoms. The number of rotatable bonds is 2. The highest BCUT2D eigenvalue weighted by molar-refractivity contribution is 6.30. The van der Waals surface area contributed by atoms with E-state index >= 15 is 0 Å². The molecule has 3 nitrogen and oxygen atoms in total. The van der Waals surface area contributed by atoms with Crippen molar-refractivity contribution in [3.8, 4) is 0 Å². The number of halogens is 1. The number of nitrogens with one attached hydrogen (secondary N) is 1. The van der Waals surface area contributed by atoms with Gasteiger partial charge in [-0.25, -0.2) is 0 Å². The Morgan fingerprint density at radius 1 is 0.842 bits per heavy atom. The Bertz CT molecular complexity index is 548. The standard InChI is InChI=1S/C15H12ClNO2/c1-10-2-4-11(5-3-10)14(18)17-15(19)12-6-8-13(16)9-7-12/h2-9H,1H3,(H,17,18,19). The van der Waals surface area contributed by atoms with Gasteiger partial charge in [-0.15, -0.1) is 0 Å². The lowest BCUT2D eigenvalue weighted by atomic mass is 10.1. The molecule has 0 radical (unpaired) electrons. The van der Waals surface area contributed by atoms with Crippen molar-refractivity contribution in [2.45, 2.75) is 6.92 Å². The van der Waals surface area contributed by atoms with Gasteiger partial charge >= 0.3 is 0 Å². The van der Waals surface area contributed by atoms with E-state index in [2.05, 4.69) is 5.32 Å². The zero-order chi connectivity index (χ0) is 13.8. The molecule has 0 saturated heterocycles. The number of imide groups is 1. The number of carbonyl (C=O) groups is 2. The molecule has 0 aliphatic heterocycles. The molecule has 0 fully saturated rings. The van der Waals surface area contributed by atoms with Crippen LogP contribution in [0, 0.1) is 6.92 Å². The highest BCUT2D eigenvalue weighted by atomic mass is 35.5. The summed E-state index contributed by atoms with van der Waals surface area (Å²) in [5, 5.41) is 2.87. The zero-order valence-corrected chi connectivity index (χ0v) is 11.1. The van der Waals surface area contributed by atoms with Crippen LogP contribution < -0.4 is 5.32 Å². The molecule has 0 aromatic heterocycles. The third-order valence-corrected chi connectivity index (χ3v) is 2.90. The number of amides is 2. The Morgan fingerprint density at radius 3 is 1.74 bits per heavy atom. The summed E-state index contributed by atoms with van der Waals surface area (Å²) >= 11 is 5.73. The predicted molar refractivity (Wildman–Crippen MR) is 74.4 cm³/mol. The second-order valence-corrected chi connectivity index (χ2v) is 4.59. The van der Waals surface area contributed by atoms with Gasteiger partial charge in [-0.1, -0.05) is 29.3 Å². The lowest BCUT2D eigenvalue weighted by Crippen LogP contribution is -2.30. The smallest absolute Gasteiger partial charge is 0.258 e. The minimum Gasteiger partial charge on any atom is -0.288 e. The summed E-state index contributed by atoms with van der Waals surface area (Å²) in [7, 11) is 0. The fourth-order valence-corrected chi connectivity index (χ4v) is 1.68. The van der Waals surface area contributed by atoms with Gasteiger partial charge in [0.2, 0.25) is 0 Å². The average Bonchev–Trinajstić information content (AvgIpc) is 2.40. The summed E-state index contributed by atoms with van der Waals surface area (Å²) < 4.78 is 0. The van der Waals surface area contributed by atoms with Crippen LogP contribution >= 0.6 is 11.6 Å². The van der Waals surface area contributed by atoms with Crippen LogP contribution in [0.1, 0.15) is 26.3 Å². The Kier molecular flexibility index (Phi) is 3.97. The summed E-state index contributed by atoms with van der Waals surface area (Å²) in [4.78, 5) is 23.7. The molecule has 1 N–H and O–H groups in total. The van der Waals surface area contributed by atoms with Gasteiger partial charge in [0, 0.05) is 16.1 Å². The van der Waals surface area contributed by atoms with Crippen LogP contribution in [-0.2, 0) is 0 Å². The highest BCUT2D eigenvalue weighted by Crippen LogP contribution is 2.10. The summed E-state index contributed by atoms with van der Waals surface area (Å²) in [6.07, 6.45) is 0. The number of carbonyl (C=O) groups excluding carboxylic acids is 2. The maximum absolute atomic E-state index is 11.8. The first-order chi connectivity index (χ1) is 9.06. The van der Waals surface area contributed by atoms with E-state index in [9.17, 15) is 9.59 Å². The third-order valence-electron chi connectivity index (χ3n) is 2.65. The first-order valence-electron chi connectivity index (χ1n) is 5.74. The molecule has 2 aromatic carbocycles. The van der Waals surface area contributed by atoms with Crippen molar-refractivity contribution in [1.82, 2.24) is 5.32 Å². The first-order valence-corrected chi connectivity index (χ1v) is 6.12. The van der Waals surface area contributed by atoms with Crippen molar-refractivity contribution in [2.24, 2.45) is 0 Å². The second-order valence-electron chi connectivity index (χ2n) is 4.16. The Balaban J connectivity index is 2.08. The number of aryl methyl sites for hydroxylation is 1. The highest BCUT2D eigenvalue weighted by Gasteiger charge is 2.11. The van der Waals surface area contributed by atoms with Gasteiger partial charge in [0.25, 0.3) is 11.8 Å². The van der Waals surface area contributed by atoms with Gasteiger partial charge < -0.3 is 0 Å². The molecule has 0 unspecified atom stereocenters. The topological polar surface area (TPSA) is 46.2 Å². The maximum atomic E-state index is 11.8. The minimum absolute atomic E-state index is 0.393. The molecule has 96 valence electrons. The molecule has 0 saturated carbocycles. The van der Waals surface area contributed by atoms with Crippen molar-refractivity contribution >= 4 is 23.4 Å². The van der Waals surface area contributed by atoms with Crippen molar-refractivity contribution in [1.29, 1.82) is 0 Å². The lowest BCUT2D eigenvalue weighted by molar-refractivity contribution is 0.0849. The predicted octanol–water partition coefficient (Wildman–Crippen LogP) is 3.22. The quantitative estimate of drug-likeness (QED) is 0.854. The van der Waals surface area contributed by atoms with Crippen molar-refractivity contribution in [3.05, 3.63) is 70.2 Å². The van der Waals surface area contributed by atoms with Crippen molar-refractivity contribution < 1.29 is 9.59 Å². The van der Waals surface area contributed by atoms with Crippen LogP contribution in [0.2, 0.25) is 5.02 Å². The van der Waals surface area contributed by atoms with Gasteiger partial charge in [0.1, 0.15) is 0 Å². The average molecular weight is 274 g/mol. The zero-order valence-electron chi connectivity index (χ0n) is 10.3. The molecular weight excluding hydrogens is 262 g/mol. The monoisotopic (exact) mass is 273 g/mol. The van der Waals surface area contributed by atoms with Crippen LogP contribution in [0.15, 0.2) is 48.5 Å². The van der Waals surface area contributed by atoms with E-state index in [-0.39, 0.29) is 0 Å². The Labute approximate surface area is 116 Å². The first kappa shape index (κ1) is 13.3. The maximum Gasteiger partial charge on any atom is 0.258 e.